The van der Waals surface area contributed by atoms with Gasteiger partial charge in [0.05, 0.1) is 0 Å². The Labute approximate surface area is 63.7 Å². The third-order valence-electron chi connectivity index (χ3n) is 0.930. The highest BCUT2D eigenvalue weighted by Gasteiger charge is 1.76. The lowest BCUT2D eigenvalue weighted by molar-refractivity contribution is 1.10. The summed E-state index contributed by atoms with van der Waals surface area (Å²) in [5.41, 5.74) is 5.02. The minimum atomic E-state index is 0.287. The van der Waals surface area contributed by atoms with Gasteiger partial charge >= 0.3 is 0 Å². The Bertz CT molecular complexity index is 229. The lowest BCUT2D eigenvalue weighted by Crippen LogP contribution is -1.84. The van der Waals surface area contributed by atoms with Crippen molar-refractivity contribution in [1.82, 2.24) is 20.2 Å². The molecule has 58 valence electrons. The number of aromatic nitrogens is 4. The monoisotopic (exact) mass is 151 g/mol. The Kier molecular flexibility index (Phi) is 2.73. The van der Waals surface area contributed by atoms with Gasteiger partial charge in [-0.3, -0.25) is 5.10 Å². The standard InChI is InChI=1S/C4H5N.C2H4N4/c1-2-4-5-3-1;3-2-4-1-5-6-2/h1-5H;1H,(H3,3,4,5,6). The maximum absolute atomic E-state index is 5.02. The molecule has 0 aromatic carbocycles. The van der Waals surface area contributed by atoms with Gasteiger partial charge in [0, 0.05) is 12.4 Å². The predicted octanol–water partition coefficient (Wildman–Crippen LogP) is 0.402. The second kappa shape index (κ2) is 4.10. The SMILES string of the molecule is Nc1nc[nH]n1.c1cc[nH]c1. The first-order chi connectivity index (χ1) is 5.39. The van der Waals surface area contributed by atoms with Crippen LogP contribution in [0.2, 0.25) is 0 Å². The predicted molar refractivity (Wildman–Crippen MR) is 41.6 cm³/mol. The van der Waals surface area contributed by atoms with E-state index >= 15 is 0 Å². The Hall–Kier alpha value is -1.78. The summed E-state index contributed by atoms with van der Waals surface area (Å²) in [5.74, 6) is 0.287. The number of rotatable bonds is 0. The summed E-state index contributed by atoms with van der Waals surface area (Å²) in [5, 5.41) is 5.90. The van der Waals surface area contributed by atoms with Crippen molar-refractivity contribution in [2.24, 2.45) is 0 Å². The molecule has 2 aromatic rings. The number of hydrogen-bond donors (Lipinski definition) is 3. The number of anilines is 1. The molecule has 0 spiro atoms. The summed E-state index contributed by atoms with van der Waals surface area (Å²) in [6.45, 7) is 0. The van der Waals surface area contributed by atoms with Crippen molar-refractivity contribution in [1.29, 1.82) is 0 Å². The molecule has 4 N–H and O–H groups in total. The number of hydrogen-bond acceptors (Lipinski definition) is 3. The minimum absolute atomic E-state index is 0.287. The van der Waals surface area contributed by atoms with Crippen molar-refractivity contribution in [3.8, 4) is 0 Å². The first-order valence-electron chi connectivity index (χ1n) is 3.08. The van der Waals surface area contributed by atoms with Crippen LogP contribution in [-0.2, 0) is 0 Å². The average molecular weight is 151 g/mol. The second-order valence-corrected chi connectivity index (χ2v) is 1.74. The van der Waals surface area contributed by atoms with Crippen LogP contribution in [-0.4, -0.2) is 20.2 Å². The summed E-state index contributed by atoms with van der Waals surface area (Å²) in [6, 6.07) is 3.89. The molecule has 0 aliphatic heterocycles. The largest absolute Gasteiger partial charge is 0.368 e. The van der Waals surface area contributed by atoms with E-state index in [-0.39, 0.29) is 5.95 Å². The van der Waals surface area contributed by atoms with E-state index < -0.39 is 0 Å². The van der Waals surface area contributed by atoms with Crippen LogP contribution >= 0.6 is 0 Å². The molecule has 0 saturated heterocycles. The van der Waals surface area contributed by atoms with Crippen molar-refractivity contribution >= 4 is 5.95 Å². The van der Waals surface area contributed by atoms with Crippen molar-refractivity contribution in [3.05, 3.63) is 30.9 Å². The molecule has 0 aliphatic rings. The third-order valence-corrected chi connectivity index (χ3v) is 0.930. The van der Waals surface area contributed by atoms with Crippen LogP contribution in [0.15, 0.2) is 30.9 Å². The Morgan fingerprint density at radius 2 is 2.00 bits per heavy atom. The molecular formula is C6H9N5. The summed E-state index contributed by atoms with van der Waals surface area (Å²) < 4.78 is 0. The van der Waals surface area contributed by atoms with Crippen LogP contribution in [0.25, 0.3) is 0 Å². The molecule has 0 aliphatic carbocycles. The van der Waals surface area contributed by atoms with Crippen LogP contribution < -0.4 is 5.73 Å². The molecule has 2 aromatic heterocycles. The van der Waals surface area contributed by atoms with Gasteiger partial charge in [0.15, 0.2) is 0 Å². The second-order valence-electron chi connectivity index (χ2n) is 1.74. The number of nitrogens with zero attached hydrogens (tertiary/aromatic N) is 2. The summed E-state index contributed by atoms with van der Waals surface area (Å²) in [7, 11) is 0. The van der Waals surface area contributed by atoms with Crippen LogP contribution in [0, 0.1) is 0 Å². The highest BCUT2D eigenvalue weighted by atomic mass is 15.2. The molecule has 0 unspecified atom stereocenters. The first-order valence-corrected chi connectivity index (χ1v) is 3.08. The van der Waals surface area contributed by atoms with Crippen molar-refractivity contribution in [2.45, 2.75) is 0 Å². The van der Waals surface area contributed by atoms with Gasteiger partial charge in [-0.05, 0) is 12.1 Å². The van der Waals surface area contributed by atoms with E-state index in [9.17, 15) is 0 Å². The highest BCUT2D eigenvalue weighted by Crippen LogP contribution is 1.76. The summed E-state index contributed by atoms with van der Waals surface area (Å²) in [4.78, 5) is 6.39. The van der Waals surface area contributed by atoms with Gasteiger partial charge in [0.25, 0.3) is 0 Å². The zero-order valence-electron chi connectivity index (χ0n) is 5.86. The molecule has 0 saturated carbocycles. The fourth-order valence-electron chi connectivity index (χ4n) is 0.497. The quantitative estimate of drug-likeness (QED) is 0.509. The zero-order chi connectivity index (χ0) is 7.94. The molecule has 0 radical (unpaired) electrons. The number of aromatic amines is 2. The first kappa shape index (κ1) is 7.33. The molecule has 0 atom stereocenters. The third kappa shape index (κ3) is 3.04. The van der Waals surface area contributed by atoms with Crippen LogP contribution in [0.1, 0.15) is 0 Å². The zero-order valence-corrected chi connectivity index (χ0v) is 5.86. The van der Waals surface area contributed by atoms with Crippen LogP contribution in [0.4, 0.5) is 5.95 Å². The molecule has 11 heavy (non-hydrogen) atoms. The van der Waals surface area contributed by atoms with Gasteiger partial charge in [0.2, 0.25) is 5.95 Å². The topological polar surface area (TPSA) is 83.4 Å². The van der Waals surface area contributed by atoms with Crippen molar-refractivity contribution < 1.29 is 0 Å². The van der Waals surface area contributed by atoms with E-state index in [2.05, 4.69) is 20.2 Å². The maximum atomic E-state index is 5.02. The van der Waals surface area contributed by atoms with Gasteiger partial charge in [-0.2, -0.15) is 0 Å². The molecule has 0 amide bonds. The molecular weight excluding hydrogens is 142 g/mol. The van der Waals surface area contributed by atoms with Crippen LogP contribution in [0.5, 0.6) is 0 Å². The number of nitrogens with two attached hydrogens (primary N) is 1. The highest BCUT2D eigenvalue weighted by molar-refractivity contribution is 5.07. The van der Waals surface area contributed by atoms with Gasteiger partial charge in [0.1, 0.15) is 6.33 Å². The van der Waals surface area contributed by atoms with Gasteiger partial charge in [-0.25, -0.2) is 4.98 Å². The van der Waals surface area contributed by atoms with E-state index in [1.54, 1.807) is 0 Å². The van der Waals surface area contributed by atoms with Gasteiger partial charge in [-0.1, -0.05) is 0 Å². The molecule has 5 nitrogen and oxygen atoms in total. The van der Waals surface area contributed by atoms with Crippen molar-refractivity contribution in [2.75, 3.05) is 5.73 Å². The smallest absolute Gasteiger partial charge is 0.239 e. The van der Waals surface area contributed by atoms with Crippen LogP contribution in [0.3, 0.4) is 0 Å². The van der Waals surface area contributed by atoms with Gasteiger partial charge < -0.3 is 10.7 Å². The number of H-pyrrole nitrogens is 2. The van der Waals surface area contributed by atoms with E-state index in [1.165, 1.54) is 6.33 Å². The fraction of sp³-hybridized carbons (Fsp3) is 0. The molecule has 2 rings (SSSR count). The minimum Gasteiger partial charge on any atom is -0.368 e. The average Bonchev–Trinajstić information content (AvgIpc) is 2.57. The lowest BCUT2D eigenvalue weighted by Gasteiger charge is -1.65. The van der Waals surface area contributed by atoms with Crippen molar-refractivity contribution in [3.63, 3.8) is 0 Å². The number of nitrogen functional groups attached to an aromatic ring is 1. The maximum Gasteiger partial charge on any atom is 0.239 e. The summed E-state index contributed by atoms with van der Waals surface area (Å²) >= 11 is 0. The molecule has 0 fully saturated rings. The molecule has 2 heterocycles. The van der Waals surface area contributed by atoms with E-state index in [0.717, 1.165) is 0 Å². The normalized spacial score (nSPS) is 8.36. The molecule has 0 bridgehead atoms. The summed E-state index contributed by atoms with van der Waals surface area (Å²) in [6.07, 6.45) is 5.18. The lowest BCUT2D eigenvalue weighted by atomic mass is 10.7. The van der Waals surface area contributed by atoms with E-state index in [4.69, 9.17) is 5.73 Å². The Balaban J connectivity index is 0.000000112. The van der Waals surface area contributed by atoms with E-state index in [1.807, 2.05) is 24.5 Å². The molecule has 5 heteroatoms. The fourth-order valence-corrected chi connectivity index (χ4v) is 0.497. The Morgan fingerprint density at radius 1 is 1.27 bits per heavy atom. The Morgan fingerprint density at radius 3 is 2.18 bits per heavy atom. The van der Waals surface area contributed by atoms with Gasteiger partial charge in [-0.15, -0.1) is 5.10 Å². The number of nitrogens with one attached hydrogen (secondary N) is 2. The van der Waals surface area contributed by atoms with E-state index in [0.29, 0.717) is 0 Å².